The van der Waals surface area contributed by atoms with E-state index in [1.807, 2.05) is 52.0 Å². The van der Waals surface area contributed by atoms with Crippen molar-refractivity contribution >= 4 is 11.8 Å². The first-order valence-electron chi connectivity index (χ1n) is 10.3. The Labute approximate surface area is 183 Å². The highest BCUT2D eigenvalue weighted by molar-refractivity contribution is 5.99. The molecule has 0 bridgehead atoms. The zero-order valence-electron chi connectivity index (χ0n) is 18.9. The second kappa shape index (κ2) is 10.8. The minimum Gasteiger partial charge on any atom is -0.503 e. The Kier molecular flexibility index (Phi) is 8.42. The Morgan fingerprint density at radius 1 is 1.06 bits per heavy atom. The average molecular weight is 430 g/mol. The fourth-order valence-corrected chi connectivity index (χ4v) is 3.19. The van der Waals surface area contributed by atoms with Gasteiger partial charge < -0.3 is 19.3 Å². The van der Waals surface area contributed by atoms with Gasteiger partial charge in [-0.25, -0.2) is 4.98 Å². The number of pyridine rings is 1. The van der Waals surface area contributed by atoms with Crippen LogP contribution in [0.25, 0.3) is 0 Å². The number of ketones is 1. The molecule has 0 amide bonds. The Hall–Kier alpha value is -3.09. The zero-order chi connectivity index (χ0) is 23.1. The number of carbonyl (C=O) groups excluding carboxylic acids is 2. The van der Waals surface area contributed by atoms with Crippen LogP contribution in [0.5, 0.6) is 17.2 Å². The van der Waals surface area contributed by atoms with Crippen molar-refractivity contribution in [3.8, 4) is 17.2 Å². The van der Waals surface area contributed by atoms with Gasteiger partial charge in [-0.3, -0.25) is 9.59 Å². The Balaban J connectivity index is 2.02. The topological polar surface area (TPSA) is 95.0 Å². The van der Waals surface area contributed by atoms with E-state index in [4.69, 9.17) is 14.2 Å². The quantitative estimate of drug-likeness (QED) is 0.443. The van der Waals surface area contributed by atoms with E-state index < -0.39 is 23.8 Å². The average Bonchev–Trinajstić information content (AvgIpc) is 2.73. The number of hydrogen-bond acceptors (Lipinski definition) is 7. The molecule has 31 heavy (non-hydrogen) atoms. The molecule has 0 saturated heterocycles. The minimum atomic E-state index is -0.715. The van der Waals surface area contributed by atoms with Gasteiger partial charge in [-0.05, 0) is 31.9 Å². The van der Waals surface area contributed by atoms with Gasteiger partial charge in [0, 0.05) is 18.7 Å². The number of aromatic hydroxyl groups is 1. The van der Waals surface area contributed by atoms with Gasteiger partial charge in [-0.1, -0.05) is 38.5 Å². The van der Waals surface area contributed by atoms with E-state index in [-0.39, 0.29) is 35.6 Å². The first kappa shape index (κ1) is 24.2. The molecule has 0 spiro atoms. The molecule has 7 heteroatoms. The molecule has 0 aliphatic rings. The predicted molar refractivity (Wildman–Crippen MR) is 117 cm³/mol. The lowest BCUT2D eigenvalue weighted by atomic mass is 10.00. The van der Waals surface area contributed by atoms with Gasteiger partial charge in [0.05, 0.1) is 13.0 Å². The van der Waals surface area contributed by atoms with Gasteiger partial charge in [0.1, 0.15) is 18.0 Å². The molecule has 0 unspecified atom stereocenters. The second-order valence-corrected chi connectivity index (χ2v) is 8.02. The van der Waals surface area contributed by atoms with E-state index >= 15 is 0 Å². The van der Waals surface area contributed by atoms with Crippen LogP contribution < -0.4 is 9.47 Å². The first-order valence-corrected chi connectivity index (χ1v) is 10.3. The van der Waals surface area contributed by atoms with E-state index in [1.54, 1.807) is 6.92 Å². The highest BCUT2D eigenvalue weighted by Crippen LogP contribution is 2.29. The van der Waals surface area contributed by atoms with Crippen LogP contribution in [0.2, 0.25) is 0 Å². The summed E-state index contributed by atoms with van der Waals surface area (Å²) in [5, 5.41) is 10.1. The van der Waals surface area contributed by atoms with Crippen molar-refractivity contribution in [1.82, 2.24) is 4.98 Å². The molecule has 3 atom stereocenters. The predicted octanol–water partition coefficient (Wildman–Crippen LogP) is 4.35. The molecular weight excluding hydrogens is 398 g/mol. The second-order valence-electron chi connectivity index (χ2n) is 8.02. The van der Waals surface area contributed by atoms with Crippen LogP contribution in [0.15, 0.2) is 36.5 Å². The fraction of sp³-hybridized carbons (Fsp3) is 0.458. The van der Waals surface area contributed by atoms with Gasteiger partial charge in [-0.2, -0.15) is 0 Å². The summed E-state index contributed by atoms with van der Waals surface area (Å²) in [6, 6.07) is 9.11. The molecule has 168 valence electrons. The van der Waals surface area contributed by atoms with Crippen molar-refractivity contribution in [3.05, 3.63) is 47.8 Å². The SMILES string of the molecule is COc1ccnc(C(=O)C[C@@H](C)C(=O)O[C@@H](C(C)C)[C@H](C)Oc2ccc(C)cc2)c1O. The summed E-state index contributed by atoms with van der Waals surface area (Å²) in [6.07, 6.45) is 0.353. The molecule has 7 nitrogen and oxygen atoms in total. The summed E-state index contributed by atoms with van der Waals surface area (Å²) in [6.45, 7) is 9.35. The maximum atomic E-state index is 12.7. The number of ether oxygens (including phenoxy) is 3. The molecule has 2 rings (SSSR count). The van der Waals surface area contributed by atoms with Crippen LogP contribution in [0.1, 0.15) is 50.2 Å². The van der Waals surface area contributed by atoms with E-state index in [0.29, 0.717) is 5.75 Å². The van der Waals surface area contributed by atoms with E-state index in [1.165, 1.54) is 19.4 Å². The maximum Gasteiger partial charge on any atom is 0.309 e. The lowest BCUT2D eigenvalue weighted by molar-refractivity contribution is -0.161. The smallest absolute Gasteiger partial charge is 0.309 e. The van der Waals surface area contributed by atoms with Crippen molar-refractivity contribution < 1.29 is 28.9 Å². The van der Waals surface area contributed by atoms with E-state index in [2.05, 4.69) is 4.98 Å². The van der Waals surface area contributed by atoms with Gasteiger partial charge in [0.25, 0.3) is 0 Å². The third-order valence-electron chi connectivity index (χ3n) is 4.98. The summed E-state index contributed by atoms with van der Waals surface area (Å²) < 4.78 is 16.7. The Morgan fingerprint density at radius 3 is 2.29 bits per heavy atom. The molecule has 0 fully saturated rings. The lowest BCUT2D eigenvalue weighted by Gasteiger charge is -2.29. The monoisotopic (exact) mass is 429 g/mol. The van der Waals surface area contributed by atoms with Crippen LogP contribution in [0.4, 0.5) is 0 Å². The molecule has 2 aromatic rings. The Bertz CT molecular complexity index is 893. The number of nitrogens with zero attached hydrogens (tertiary/aromatic N) is 1. The fourth-order valence-electron chi connectivity index (χ4n) is 3.19. The minimum absolute atomic E-state index is 0.0106. The summed E-state index contributed by atoms with van der Waals surface area (Å²) in [5.74, 6) is -1.17. The molecule has 1 aromatic carbocycles. The van der Waals surface area contributed by atoms with Crippen molar-refractivity contribution in [2.75, 3.05) is 7.11 Å². The van der Waals surface area contributed by atoms with Crippen molar-refractivity contribution in [3.63, 3.8) is 0 Å². The molecular formula is C24H31NO6. The van der Waals surface area contributed by atoms with Gasteiger partial charge in [-0.15, -0.1) is 0 Å². The molecule has 1 aromatic heterocycles. The number of aryl methyl sites for hydroxylation is 1. The van der Waals surface area contributed by atoms with Gasteiger partial charge in [0.2, 0.25) is 0 Å². The molecule has 0 aliphatic carbocycles. The van der Waals surface area contributed by atoms with Crippen molar-refractivity contribution in [2.24, 2.45) is 11.8 Å². The summed E-state index contributed by atoms with van der Waals surface area (Å²) in [5.41, 5.74) is 0.998. The van der Waals surface area contributed by atoms with Crippen molar-refractivity contribution in [2.45, 2.75) is 53.2 Å². The number of benzene rings is 1. The van der Waals surface area contributed by atoms with Gasteiger partial charge in [0.15, 0.2) is 23.0 Å². The maximum absolute atomic E-state index is 12.7. The van der Waals surface area contributed by atoms with Crippen LogP contribution >= 0.6 is 0 Å². The number of carbonyl (C=O) groups is 2. The number of rotatable bonds is 10. The summed E-state index contributed by atoms with van der Waals surface area (Å²) >= 11 is 0. The van der Waals surface area contributed by atoms with Crippen molar-refractivity contribution in [1.29, 1.82) is 0 Å². The third kappa shape index (κ3) is 6.44. The zero-order valence-corrected chi connectivity index (χ0v) is 18.9. The number of aromatic nitrogens is 1. The highest BCUT2D eigenvalue weighted by Gasteiger charge is 2.30. The Morgan fingerprint density at radius 2 is 1.71 bits per heavy atom. The normalized spacial score (nSPS) is 13.9. The highest BCUT2D eigenvalue weighted by atomic mass is 16.6. The van der Waals surface area contributed by atoms with E-state index in [9.17, 15) is 14.7 Å². The molecule has 1 heterocycles. The number of Topliss-reactive ketones (excluding diaryl/α,β-unsaturated/α-hetero) is 1. The molecule has 0 radical (unpaired) electrons. The standard InChI is InChI=1S/C24H31NO6/c1-14(2)23(17(5)30-18-9-7-15(3)8-10-18)31-24(28)16(4)13-19(26)21-22(27)20(29-6)11-12-25-21/h7-12,14,16-17,23,27H,13H2,1-6H3/t16-,17+,23+/m1/s1. The van der Waals surface area contributed by atoms with Gasteiger partial charge >= 0.3 is 5.97 Å². The van der Waals surface area contributed by atoms with E-state index in [0.717, 1.165) is 5.56 Å². The molecule has 0 aliphatic heterocycles. The van der Waals surface area contributed by atoms with Crippen LogP contribution in [-0.2, 0) is 9.53 Å². The number of esters is 1. The number of methoxy groups -OCH3 is 1. The van der Waals surface area contributed by atoms with Crippen LogP contribution in [0.3, 0.4) is 0 Å². The first-order chi connectivity index (χ1) is 14.6. The summed E-state index contributed by atoms with van der Waals surface area (Å²) in [7, 11) is 1.38. The third-order valence-corrected chi connectivity index (χ3v) is 4.98. The number of hydrogen-bond donors (Lipinski definition) is 1. The molecule has 1 N–H and O–H groups in total. The van der Waals surface area contributed by atoms with Crippen LogP contribution in [0, 0.1) is 18.8 Å². The molecule has 0 saturated carbocycles. The lowest BCUT2D eigenvalue weighted by Crippen LogP contribution is -2.39. The van der Waals surface area contributed by atoms with Crippen LogP contribution in [-0.4, -0.2) is 41.2 Å². The largest absolute Gasteiger partial charge is 0.503 e. The summed E-state index contributed by atoms with van der Waals surface area (Å²) in [4.78, 5) is 29.2.